The molecule has 9 N–H and O–H groups in total. The molecule has 0 aromatic heterocycles. The molecule has 0 saturated carbocycles. The molecule has 3 aliphatic heterocycles. The second-order valence-electron chi connectivity index (χ2n) is 27.9. The highest BCUT2D eigenvalue weighted by Gasteiger charge is 2.44. The number of ether oxygens (including phenoxy) is 15. The van der Waals surface area contributed by atoms with Gasteiger partial charge in [-0.2, -0.15) is 0 Å². The van der Waals surface area contributed by atoms with Crippen molar-refractivity contribution >= 4 is 47.3 Å². The normalized spacial score (nSPS) is 24.9. The van der Waals surface area contributed by atoms with Gasteiger partial charge >= 0.3 is 0 Å². The van der Waals surface area contributed by atoms with Crippen LogP contribution in [0.4, 0.5) is 0 Å². The first-order valence-corrected chi connectivity index (χ1v) is 39.4. The number of hydrogen-bond donors (Lipinski definition) is 9. The quantitative estimate of drug-likeness (QED) is 0.0395. The van der Waals surface area contributed by atoms with Gasteiger partial charge in [0.25, 0.3) is 0 Å². The van der Waals surface area contributed by atoms with E-state index in [1.807, 2.05) is 0 Å². The molecule has 32 nitrogen and oxygen atoms in total. The van der Waals surface area contributed by atoms with E-state index in [1.54, 1.807) is 0 Å². The maximum absolute atomic E-state index is 14.2. The number of amides is 8. The zero-order valence-corrected chi connectivity index (χ0v) is 66.5. The van der Waals surface area contributed by atoms with Crippen molar-refractivity contribution < 1.29 is 115 Å². The van der Waals surface area contributed by atoms with Crippen LogP contribution in [0, 0.1) is 35.5 Å². The Labute approximate surface area is 636 Å². The van der Waals surface area contributed by atoms with Crippen molar-refractivity contribution in [2.75, 3.05) is 165 Å². The van der Waals surface area contributed by atoms with Gasteiger partial charge in [-0.15, -0.1) is 0 Å². The molecule has 0 spiro atoms. The van der Waals surface area contributed by atoms with Crippen LogP contribution in [0.1, 0.15) is 167 Å². The van der Waals surface area contributed by atoms with Crippen LogP contribution in [0.2, 0.25) is 0 Å². The maximum Gasteiger partial charge on any atom is 0.246 e. The Hall–Kier alpha value is -4.88. The van der Waals surface area contributed by atoms with Crippen molar-refractivity contribution in [3.05, 3.63) is 0 Å². The molecule has 3 heterocycles. The van der Waals surface area contributed by atoms with Crippen LogP contribution >= 0.6 is 0 Å². The van der Waals surface area contributed by atoms with Gasteiger partial charge in [0.1, 0.15) is 31.9 Å². The second kappa shape index (κ2) is 59.0. The summed E-state index contributed by atoms with van der Waals surface area (Å²) in [6.07, 6.45) is 5.80. The van der Waals surface area contributed by atoms with Crippen LogP contribution < -0.4 is 42.5 Å². The standard InChI is InChI=1S/C75H138N8O24/c1-13-62-51(4)54(7)68(79-57(10)85)73(105-62)102-45-42-96-33-30-93-36-39-99-48-65(88)76-26-21-18-24-60(71(91)78-28-20-16-17-23-29-84)83-72(92)61(82-67(90)50-101-41-38-95-32-35-98-44-47-104-75-70(81-59(12)87)56(9)53(6)64(15-3)107-75)25-19-22-27-77-66(89)49-100-40-37-94-31-34-97-43-46-103-74-69(80-58(11)86)55(8)52(5)63(14-2)106-74/h51-56,60-64,68-70,73-75,84H,13-50H2,1-12H3,(H,76,88)(H,77,89)(H,78,91)(H,79,85)(H,80,86)(H,81,87)(H,82,90)(H,83,92)/t51-,52-,53-,54+,55+,56+,60-,61+,62-,63-,64-,68-,69-,70-,73-,74-,75-/m1/s1. The molecule has 0 aromatic carbocycles. The molecule has 0 aliphatic carbocycles. The molecule has 0 aromatic rings. The zero-order valence-electron chi connectivity index (χ0n) is 66.5. The van der Waals surface area contributed by atoms with Gasteiger partial charge in [0, 0.05) is 47.0 Å². The van der Waals surface area contributed by atoms with Crippen LogP contribution in [0.5, 0.6) is 0 Å². The fraction of sp³-hybridized carbons (Fsp3) is 0.893. The molecule has 0 unspecified atom stereocenters. The van der Waals surface area contributed by atoms with E-state index in [-0.39, 0.29) is 233 Å². The van der Waals surface area contributed by atoms with Gasteiger partial charge in [0.15, 0.2) is 18.9 Å². The third-order valence-electron chi connectivity index (χ3n) is 19.7. The molecule has 0 bridgehead atoms. The lowest BCUT2D eigenvalue weighted by Gasteiger charge is -2.44. The Morgan fingerprint density at radius 1 is 0.336 bits per heavy atom. The summed E-state index contributed by atoms with van der Waals surface area (Å²) in [7, 11) is 0. The van der Waals surface area contributed by atoms with Crippen LogP contribution in [0.3, 0.4) is 0 Å². The molecule has 32 heteroatoms. The smallest absolute Gasteiger partial charge is 0.246 e. The van der Waals surface area contributed by atoms with Gasteiger partial charge in [-0.25, -0.2) is 0 Å². The summed E-state index contributed by atoms with van der Waals surface area (Å²) < 4.78 is 87.2. The molecule has 17 atom stereocenters. The first kappa shape index (κ1) is 96.3. The molecule has 8 amide bonds. The molecule has 3 rings (SSSR count). The lowest BCUT2D eigenvalue weighted by Crippen LogP contribution is -2.57. The molecule has 107 heavy (non-hydrogen) atoms. The van der Waals surface area contributed by atoms with Gasteiger partial charge in [0.2, 0.25) is 47.3 Å². The molecule has 3 saturated heterocycles. The van der Waals surface area contributed by atoms with Crippen LogP contribution in [0.15, 0.2) is 0 Å². The Balaban J connectivity index is 1.44. The summed E-state index contributed by atoms with van der Waals surface area (Å²) in [6.45, 7) is 27.9. The van der Waals surface area contributed by atoms with Gasteiger partial charge in [-0.1, -0.05) is 75.2 Å². The third-order valence-corrected chi connectivity index (χ3v) is 19.7. The highest BCUT2D eigenvalue weighted by molar-refractivity contribution is 5.92. The molecule has 3 fully saturated rings. The monoisotopic (exact) mass is 1530 g/mol. The van der Waals surface area contributed by atoms with Crippen molar-refractivity contribution in [3.63, 3.8) is 0 Å². The number of carbonyl (C=O) groups excluding carboxylic acids is 8. The average Bonchev–Trinajstić information content (AvgIpc) is 0.822. The van der Waals surface area contributed by atoms with Crippen molar-refractivity contribution in [2.45, 2.75) is 234 Å². The predicted octanol–water partition coefficient (Wildman–Crippen LogP) is 3.13. The second-order valence-corrected chi connectivity index (χ2v) is 27.9. The fourth-order valence-corrected chi connectivity index (χ4v) is 13.0. The SMILES string of the molecule is CC[C@H]1O[C@@H](OCCOCCOCCOCC(=O)NCCCC[C@H](NC(=O)COCCOCCOCCO[C@@H]2O[C@H](CC)[C@H](C)[C@H](C)[C@H]2NC(C)=O)C(=O)N[C@H](CCCCNC(=O)COCCOCCOCCO[C@@H]2O[C@H](CC)[C@H](C)[C@H](C)[C@H]2NC(C)=O)C(=O)NCCCCCCO)[C@H](NC(C)=O)[C@@H](C)[C@H]1C. The van der Waals surface area contributed by atoms with E-state index in [9.17, 15) is 43.5 Å². The summed E-state index contributed by atoms with van der Waals surface area (Å²) >= 11 is 0. The number of rotatable bonds is 62. The average molecular weight is 1540 g/mol. The Bertz CT molecular complexity index is 2430. The maximum atomic E-state index is 14.2. The highest BCUT2D eigenvalue weighted by atomic mass is 16.7. The summed E-state index contributed by atoms with van der Waals surface area (Å²) in [5.41, 5.74) is 0. The van der Waals surface area contributed by atoms with E-state index in [4.69, 9.17) is 71.1 Å². The van der Waals surface area contributed by atoms with Crippen molar-refractivity contribution in [3.8, 4) is 0 Å². The Morgan fingerprint density at radius 3 is 0.953 bits per heavy atom. The van der Waals surface area contributed by atoms with Crippen LogP contribution in [-0.2, 0) is 109 Å². The molecule has 622 valence electrons. The number of nitrogens with one attached hydrogen (secondary N) is 8. The summed E-state index contributed by atoms with van der Waals surface area (Å²) in [4.78, 5) is 103. The number of unbranched alkanes of at least 4 members (excludes halogenated alkanes) is 5. The van der Waals surface area contributed by atoms with Crippen LogP contribution in [0.25, 0.3) is 0 Å². The number of hydrogen-bond acceptors (Lipinski definition) is 24. The minimum absolute atomic E-state index is 0.00826. The Morgan fingerprint density at radius 2 is 0.626 bits per heavy atom. The van der Waals surface area contributed by atoms with Crippen molar-refractivity contribution in [1.82, 2.24) is 42.5 Å². The summed E-state index contributed by atoms with van der Waals surface area (Å²) in [5, 5.41) is 32.4. The van der Waals surface area contributed by atoms with E-state index in [0.717, 1.165) is 32.1 Å². The van der Waals surface area contributed by atoms with Gasteiger partial charge < -0.3 is 119 Å². The molecular weight excluding hydrogens is 1400 g/mol. The van der Waals surface area contributed by atoms with E-state index in [2.05, 4.69) is 105 Å². The van der Waals surface area contributed by atoms with Crippen molar-refractivity contribution in [1.29, 1.82) is 0 Å². The minimum atomic E-state index is -1.09. The van der Waals surface area contributed by atoms with Gasteiger partial charge in [-0.05, 0) is 106 Å². The first-order valence-electron chi connectivity index (χ1n) is 39.4. The molecule has 0 radical (unpaired) electrons. The topological polar surface area (TPSA) is 391 Å². The van der Waals surface area contributed by atoms with E-state index in [1.165, 1.54) is 20.8 Å². The number of aliphatic hydroxyl groups excluding tert-OH is 1. The van der Waals surface area contributed by atoms with Gasteiger partial charge in [0.05, 0.1) is 155 Å². The van der Waals surface area contributed by atoms with Crippen LogP contribution in [-0.4, -0.2) is 285 Å². The van der Waals surface area contributed by atoms with E-state index in [0.29, 0.717) is 84.7 Å². The van der Waals surface area contributed by atoms with Crippen molar-refractivity contribution in [2.24, 2.45) is 35.5 Å². The predicted molar refractivity (Wildman–Crippen MR) is 396 cm³/mol. The van der Waals surface area contributed by atoms with E-state index < -0.39 is 48.7 Å². The first-order chi connectivity index (χ1) is 51.6. The number of carbonyl (C=O) groups is 8. The zero-order chi connectivity index (χ0) is 78.6. The highest BCUT2D eigenvalue weighted by Crippen LogP contribution is 2.35. The Kier molecular flexibility index (Phi) is 53.1. The summed E-state index contributed by atoms with van der Waals surface area (Å²) in [6, 6.07) is -2.90. The number of aliphatic hydroxyl groups is 1. The van der Waals surface area contributed by atoms with Gasteiger partial charge in [-0.3, -0.25) is 38.4 Å². The molecule has 3 aliphatic rings. The lowest BCUT2D eigenvalue weighted by molar-refractivity contribution is -0.239. The fourth-order valence-electron chi connectivity index (χ4n) is 13.0. The lowest BCUT2D eigenvalue weighted by atomic mass is 9.81. The minimum Gasteiger partial charge on any atom is -0.396 e. The third kappa shape index (κ3) is 41.3. The molecular formula is C75H138N8O24. The largest absolute Gasteiger partial charge is 0.396 e. The van der Waals surface area contributed by atoms with E-state index >= 15 is 0 Å². The summed E-state index contributed by atoms with van der Waals surface area (Å²) in [5.74, 6) is -1.44.